The van der Waals surface area contributed by atoms with E-state index < -0.39 is 0 Å². The summed E-state index contributed by atoms with van der Waals surface area (Å²) in [5.74, 6) is 0.183. The van der Waals surface area contributed by atoms with Gasteiger partial charge in [0.05, 0.1) is 17.7 Å². The number of nitriles is 1. The van der Waals surface area contributed by atoms with Gasteiger partial charge in [0.2, 0.25) is 0 Å². The van der Waals surface area contributed by atoms with Crippen molar-refractivity contribution in [3.63, 3.8) is 0 Å². The molecule has 0 aliphatic heterocycles. The van der Waals surface area contributed by atoms with Crippen molar-refractivity contribution in [3.05, 3.63) is 17.0 Å². The maximum atomic E-state index is 8.87. The van der Waals surface area contributed by atoms with Crippen LogP contribution < -0.4 is 0 Å². The van der Waals surface area contributed by atoms with Gasteiger partial charge < -0.3 is 0 Å². The van der Waals surface area contributed by atoms with Crippen LogP contribution in [0.1, 0.15) is 30.3 Å². The highest BCUT2D eigenvalue weighted by Crippen LogP contribution is 2.26. The standard InChI is InChI=1S/C11H15N3/c1-3-14-8(2)10-5-4-9(7-12)6-11(10)13-14/h9H,3-6H2,1-2H3. The average Bonchev–Trinajstić information content (AvgIpc) is 2.55. The number of aryl methyl sites for hydroxylation is 1. The minimum atomic E-state index is 0.183. The minimum Gasteiger partial charge on any atom is -0.270 e. The van der Waals surface area contributed by atoms with Crippen molar-refractivity contribution in [2.24, 2.45) is 5.92 Å². The van der Waals surface area contributed by atoms with Gasteiger partial charge >= 0.3 is 0 Å². The Labute approximate surface area is 84.3 Å². The Morgan fingerprint density at radius 1 is 1.64 bits per heavy atom. The molecule has 2 rings (SSSR count). The first-order valence-corrected chi connectivity index (χ1v) is 5.21. The van der Waals surface area contributed by atoms with Crippen molar-refractivity contribution in [3.8, 4) is 6.07 Å². The first-order valence-electron chi connectivity index (χ1n) is 5.21. The van der Waals surface area contributed by atoms with Crippen LogP contribution in [0.5, 0.6) is 0 Å². The van der Waals surface area contributed by atoms with Gasteiger partial charge in [-0.3, -0.25) is 4.68 Å². The molecular weight excluding hydrogens is 174 g/mol. The van der Waals surface area contributed by atoms with Gasteiger partial charge in [0, 0.05) is 18.7 Å². The zero-order valence-electron chi connectivity index (χ0n) is 8.75. The molecule has 0 saturated carbocycles. The zero-order valence-corrected chi connectivity index (χ0v) is 8.75. The molecule has 0 amide bonds. The van der Waals surface area contributed by atoms with Gasteiger partial charge in [0.1, 0.15) is 0 Å². The van der Waals surface area contributed by atoms with Crippen LogP contribution in [-0.2, 0) is 19.4 Å². The Hall–Kier alpha value is -1.30. The Morgan fingerprint density at radius 3 is 3.07 bits per heavy atom. The third kappa shape index (κ3) is 1.31. The molecule has 1 unspecified atom stereocenters. The molecule has 1 aromatic rings. The SMILES string of the molecule is CCn1nc2c(c1C)CCC(C#N)C2. The Balaban J connectivity index is 2.36. The summed E-state index contributed by atoms with van der Waals surface area (Å²) in [7, 11) is 0. The lowest BCUT2D eigenvalue weighted by Crippen LogP contribution is -2.12. The lowest BCUT2D eigenvalue weighted by molar-refractivity contribution is 0.551. The second-order valence-electron chi connectivity index (χ2n) is 3.90. The molecule has 1 aliphatic rings. The fourth-order valence-electron chi connectivity index (χ4n) is 2.21. The van der Waals surface area contributed by atoms with Crippen LogP contribution in [0.3, 0.4) is 0 Å². The molecule has 74 valence electrons. The molecule has 0 fully saturated rings. The zero-order chi connectivity index (χ0) is 10.1. The van der Waals surface area contributed by atoms with Crippen LogP contribution in [0.2, 0.25) is 0 Å². The topological polar surface area (TPSA) is 41.6 Å². The quantitative estimate of drug-likeness (QED) is 0.676. The molecule has 14 heavy (non-hydrogen) atoms. The smallest absolute Gasteiger partial charge is 0.0672 e. The fourth-order valence-corrected chi connectivity index (χ4v) is 2.21. The fraction of sp³-hybridized carbons (Fsp3) is 0.636. The molecule has 0 bridgehead atoms. The molecule has 3 heteroatoms. The van der Waals surface area contributed by atoms with Crippen molar-refractivity contribution in [2.75, 3.05) is 0 Å². The van der Waals surface area contributed by atoms with E-state index in [0.717, 1.165) is 31.5 Å². The van der Waals surface area contributed by atoms with Gasteiger partial charge in [-0.1, -0.05) is 0 Å². The summed E-state index contributed by atoms with van der Waals surface area (Å²) in [4.78, 5) is 0. The monoisotopic (exact) mass is 189 g/mol. The predicted molar refractivity (Wildman–Crippen MR) is 53.8 cm³/mol. The molecule has 0 saturated heterocycles. The molecule has 1 aliphatic carbocycles. The van der Waals surface area contributed by atoms with Gasteiger partial charge in [-0.15, -0.1) is 0 Å². The van der Waals surface area contributed by atoms with Crippen molar-refractivity contribution in [1.29, 1.82) is 5.26 Å². The number of hydrogen-bond donors (Lipinski definition) is 0. The first-order chi connectivity index (χ1) is 6.76. The highest BCUT2D eigenvalue weighted by Gasteiger charge is 2.23. The van der Waals surface area contributed by atoms with Crippen LogP contribution in [0.15, 0.2) is 0 Å². The first kappa shape index (κ1) is 9.26. The predicted octanol–water partition coefficient (Wildman–Crippen LogP) is 1.84. The number of nitrogens with zero attached hydrogens (tertiary/aromatic N) is 3. The maximum Gasteiger partial charge on any atom is 0.0672 e. The molecule has 0 aromatic carbocycles. The Kier molecular flexibility index (Phi) is 2.28. The van der Waals surface area contributed by atoms with Crippen molar-refractivity contribution < 1.29 is 0 Å². The van der Waals surface area contributed by atoms with Crippen LogP contribution in [0.4, 0.5) is 0 Å². The summed E-state index contributed by atoms with van der Waals surface area (Å²) in [6.07, 6.45) is 2.87. The summed E-state index contributed by atoms with van der Waals surface area (Å²) < 4.78 is 2.05. The van der Waals surface area contributed by atoms with E-state index in [4.69, 9.17) is 5.26 Å². The Bertz CT molecular complexity index is 384. The minimum absolute atomic E-state index is 0.183. The third-order valence-corrected chi connectivity index (χ3v) is 3.08. The third-order valence-electron chi connectivity index (χ3n) is 3.08. The van der Waals surface area contributed by atoms with Gasteiger partial charge in [0.15, 0.2) is 0 Å². The van der Waals surface area contributed by atoms with E-state index in [2.05, 4.69) is 25.0 Å². The second-order valence-corrected chi connectivity index (χ2v) is 3.90. The number of rotatable bonds is 1. The summed E-state index contributed by atoms with van der Waals surface area (Å²) in [6, 6.07) is 2.34. The van der Waals surface area contributed by atoms with Gasteiger partial charge in [-0.05, 0) is 32.3 Å². The van der Waals surface area contributed by atoms with Crippen LogP contribution in [0, 0.1) is 24.2 Å². The number of aromatic nitrogens is 2. The lowest BCUT2D eigenvalue weighted by Gasteiger charge is -2.14. The summed E-state index contributed by atoms with van der Waals surface area (Å²) in [5.41, 5.74) is 3.83. The summed E-state index contributed by atoms with van der Waals surface area (Å²) in [5, 5.41) is 13.4. The second kappa shape index (κ2) is 3.45. The average molecular weight is 189 g/mol. The maximum absolute atomic E-state index is 8.87. The number of fused-ring (bicyclic) bond motifs is 1. The molecule has 1 aromatic heterocycles. The lowest BCUT2D eigenvalue weighted by atomic mass is 9.88. The highest BCUT2D eigenvalue weighted by atomic mass is 15.3. The molecule has 1 heterocycles. The van der Waals surface area contributed by atoms with Gasteiger partial charge in [-0.25, -0.2) is 0 Å². The molecular formula is C11H15N3. The van der Waals surface area contributed by atoms with Gasteiger partial charge in [0.25, 0.3) is 0 Å². The van der Waals surface area contributed by atoms with Crippen LogP contribution in [-0.4, -0.2) is 9.78 Å². The van der Waals surface area contributed by atoms with Crippen molar-refractivity contribution >= 4 is 0 Å². The largest absolute Gasteiger partial charge is 0.270 e. The summed E-state index contributed by atoms with van der Waals surface area (Å²) in [6.45, 7) is 5.16. The molecule has 0 N–H and O–H groups in total. The van der Waals surface area contributed by atoms with E-state index in [1.54, 1.807) is 0 Å². The van der Waals surface area contributed by atoms with E-state index >= 15 is 0 Å². The Morgan fingerprint density at radius 2 is 2.43 bits per heavy atom. The van der Waals surface area contributed by atoms with E-state index in [1.165, 1.54) is 11.3 Å². The van der Waals surface area contributed by atoms with E-state index in [-0.39, 0.29) is 5.92 Å². The van der Waals surface area contributed by atoms with Crippen molar-refractivity contribution in [2.45, 2.75) is 39.7 Å². The molecule has 0 spiro atoms. The van der Waals surface area contributed by atoms with Crippen LogP contribution >= 0.6 is 0 Å². The van der Waals surface area contributed by atoms with E-state index in [9.17, 15) is 0 Å². The van der Waals surface area contributed by atoms with Gasteiger partial charge in [-0.2, -0.15) is 10.4 Å². The van der Waals surface area contributed by atoms with E-state index in [1.807, 2.05) is 4.68 Å². The highest BCUT2D eigenvalue weighted by molar-refractivity contribution is 5.29. The molecule has 3 nitrogen and oxygen atoms in total. The van der Waals surface area contributed by atoms with Crippen molar-refractivity contribution in [1.82, 2.24) is 9.78 Å². The molecule has 0 radical (unpaired) electrons. The molecule has 1 atom stereocenters. The normalized spacial score (nSPS) is 20.2. The summed E-state index contributed by atoms with van der Waals surface area (Å²) >= 11 is 0. The van der Waals surface area contributed by atoms with Crippen LogP contribution in [0.25, 0.3) is 0 Å². The van der Waals surface area contributed by atoms with E-state index in [0.29, 0.717) is 0 Å². The number of hydrogen-bond acceptors (Lipinski definition) is 2.